The summed E-state index contributed by atoms with van der Waals surface area (Å²) >= 11 is 1.86. The Kier molecular flexibility index (Phi) is 5.43. The molecule has 108 valence electrons. The highest BCUT2D eigenvalue weighted by molar-refractivity contribution is 7.10. The van der Waals surface area contributed by atoms with Gasteiger partial charge in [-0.3, -0.25) is 0 Å². The van der Waals surface area contributed by atoms with Crippen LogP contribution in [-0.2, 0) is 4.74 Å². The maximum absolute atomic E-state index is 6.06. The summed E-state index contributed by atoms with van der Waals surface area (Å²) in [6.07, 6.45) is 5.70. The van der Waals surface area contributed by atoms with Crippen LogP contribution in [0, 0.1) is 0 Å². The van der Waals surface area contributed by atoms with E-state index in [9.17, 15) is 0 Å². The molecule has 1 aliphatic rings. The average molecular weight is 281 g/mol. The lowest BCUT2D eigenvalue weighted by atomic mass is 9.85. The van der Waals surface area contributed by atoms with E-state index in [0.717, 1.165) is 38.7 Å². The van der Waals surface area contributed by atoms with E-state index in [0.29, 0.717) is 12.1 Å². The van der Waals surface area contributed by atoms with Crippen LogP contribution >= 0.6 is 11.3 Å². The molecule has 2 atom stereocenters. The Morgan fingerprint density at radius 3 is 2.79 bits per heavy atom. The second-order valence-corrected chi connectivity index (χ2v) is 6.55. The normalized spacial score (nSPS) is 24.3. The Hall–Kier alpha value is -0.380. The zero-order valence-electron chi connectivity index (χ0n) is 12.4. The molecule has 0 spiro atoms. The summed E-state index contributed by atoms with van der Waals surface area (Å²) in [6, 6.07) is 5.50. The molecule has 2 nitrogen and oxygen atoms in total. The van der Waals surface area contributed by atoms with Crippen LogP contribution in [0.4, 0.5) is 0 Å². The minimum atomic E-state index is 0.115. The Bertz CT molecular complexity index is 359. The Balaban J connectivity index is 1.98. The Labute approximate surface area is 121 Å². The lowest BCUT2D eigenvalue weighted by molar-refractivity contribution is -0.0941. The van der Waals surface area contributed by atoms with Crippen molar-refractivity contribution in [1.82, 2.24) is 5.32 Å². The maximum Gasteiger partial charge on any atom is 0.0692 e. The van der Waals surface area contributed by atoms with Crippen LogP contribution < -0.4 is 5.32 Å². The molecule has 2 rings (SSSR count). The highest BCUT2D eigenvalue weighted by Gasteiger charge is 2.35. The minimum Gasteiger partial charge on any atom is -0.375 e. The molecular formula is C16H27NOS. The van der Waals surface area contributed by atoms with Crippen molar-refractivity contribution < 1.29 is 4.74 Å². The third kappa shape index (κ3) is 3.59. The fourth-order valence-corrected chi connectivity index (χ4v) is 3.96. The van der Waals surface area contributed by atoms with Gasteiger partial charge in [-0.2, -0.15) is 0 Å². The summed E-state index contributed by atoms with van der Waals surface area (Å²) in [4.78, 5) is 1.47. The van der Waals surface area contributed by atoms with Crippen LogP contribution in [-0.4, -0.2) is 18.2 Å². The molecule has 2 heterocycles. The SMILES string of the molecule is CCC(NC1CCOC(CC)(CC)C1)c1cccs1. The van der Waals surface area contributed by atoms with Gasteiger partial charge in [0.25, 0.3) is 0 Å². The van der Waals surface area contributed by atoms with Crippen LogP contribution in [0.15, 0.2) is 17.5 Å². The van der Waals surface area contributed by atoms with Gasteiger partial charge in [0.1, 0.15) is 0 Å². The summed E-state index contributed by atoms with van der Waals surface area (Å²) in [5.74, 6) is 0. The highest BCUT2D eigenvalue weighted by atomic mass is 32.1. The fourth-order valence-electron chi connectivity index (χ4n) is 3.09. The van der Waals surface area contributed by atoms with Crippen LogP contribution in [0.2, 0.25) is 0 Å². The van der Waals surface area contributed by atoms with E-state index >= 15 is 0 Å². The maximum atomic E-state index is 6.06. The van der Waals surface area contributed by atoms with Crippen molar-refractivity contribution in [3.63, 3.8) is 0 Å². The average Bonchev–Trinajstić information content (AvgIpc) is 2.99. The van der Waals surface area contributed by atoms with E-state index in [2.05, 4.69) is 43.6 Å². The van der Waals surface area contributed by atoms with Gasteiger partial charge in [0.15, 0.2) is 0 Å². The molecule has 2 unspecified atom stereocenters. The molecule has 0 amide bonds. The first-order valence-electron chi connectivity index (χ1n) is 7.66. The fraction of sp³-hybridized carbons (Fsp3) is 0.750. The number of hydrogen-bond acceptors (Lipinski definition) is 3. The zero-order valence-corrected chi connectivity index (χ0v) is 13.3. The molecule has 1 fully saturated rings. The zero-order chi connectivity index (χ0) is 13.7. The molecule has 1 aromatic rings. The van der Waals surface area contributed by atoms with Crippen molar-refractivity contribution in [3.8, 4) is 0 Å². The third-order valence-electron chi connectivity index (χ3n) is 4.51. The summed E-state index contributed by atoms with van der Waals surface area (Å²) in [6.45, 7) is 7.68. The number of rotatable bonds is 6. The van der Waals surface area contributed by atoms with Gasteiger partial charge >= 0.3 is 0 Å². The van der Waals surface area contributed by atoms with E-state index < -0.39 is 0 Å². The summed E-state index contributed by atoms with van der Waals surface area (Å²) in [5, 5.41) is 6.03. The number of ether oxygens (including phenoxy) is 1. The largest absolute Gasteiger partial charge is 0.375 e. The molecule has 19 heavy (non-hydrogen) atoms. The van der Waals surface area contributed by atoms with Crippen molar-refractivity contribution in [2.24, 2.45) is 0 Å². The molecule has 1 aliphatic heterocycles. The van der Waals surface area contributed by atoms with Gasteiger partial charge in [-0.15, -0.1) is 11.3 Å². The molecule has 0 bridgehead atoms. The topological polar surface area (TPSA) is 21.3 Å². The van der Waals surface area contributed by atoms with Gasteiger partial charge in [0.2, 0.25) is 0 Å². The molecule has 0 radical (unpaired) electrons. The van der Waals surface area contributed by atoms with Gasteiger partial charge in [0, 0.05) is 23.6 Å². The van der Waals surface area contributed by atoms with Gasteiger partial charge in [-0.1, -0.05) is 26.8 Å². The van der Waals surface area contributed by atoms with Crippen molar-refractivity contribution in [2.45, 2.75) is 70.6 Å². The van der Waals surface area contributed by atoms with Crippen molar-refractivity contribution >= 4 is 11.3 Å². The first-order valence-corrected chi connectivity index (χ1v) is 8.54. The molecule has 0 aromatic carbocycles. The highest BCUT2D eigenvalue weighted by Crippen LogP contribution is 2.33. The molecule has 1 N–H and O–H groups in total. The lowest BCUT2D eigenvalue weighted by Crippen LogP contribution is -2.47. The predicted molar refractivity (Wildman–Crippen MR) is 82.8 cm³/mol. The van der Waals surface area contributed by atoms with Gasteiger partial charge < -0.3 is 10.1 Å². The van der Waals surface area contributed by atoms with E-state index in [1.165, 1.54) is 4.88 Å². The van der Waals surface area contributed by atoms with Gasteiger partial charge in [0.05, 0.1) is 5.60 Å². The Morgan fingerprint density at radius 2 is 2.21 bits per heavy atom. The lowest BCUT2D eigenvalue weighted by Gasteiger charge is -2.41. The smallest absolute Gasteiger partial charge is 0.0692 e. The van der Waals surface area contributed by atoms with Crippen molar-refractivity contribution in [3.05, 3.63) is 22.4 Å². The summed E-state index contributed by atoms with van der Waals surface area (Å²) in [7, 11) is 0. The summed E-state index contributed by atoms with van der Waals surface area (Å²) in [5.41, 5.74) is 0.115. The monoisotopic (exact) mass is 281 g/mol. The van der Waals surface area contributed by atoms with E-state index in [-0.39, 0.29) is 5.60 Å². The van der Waals surface area contributed by atoms with Crippen molar-refractivity contribution in [1.29, 1.82) is 0 Å². The molecule has 0 saturated carbocycles. The number of hydrogen-bond donors (Lipinski definition) is 1. The standard InChI is InChI=1S/C16H27NOS/c1-4-14(15-8-7-11-19-15)17-13-9-10-18-16(5-2,6-3)12-13/h7-8,11,13-14,17H,4-6,9-10,12H2,1-3H3. The van der Waals surface area contributed by atoms with Crippen LogP contribution in [0.5, 0.6) is 0 Å². The molecular weight excluding hydrogens is 254 g/mol. The first kappa shape index (κ1) is 15.0. The van der Waals surface area contributed by atoms with Gasteiger partial charge in [-0.25, -0.2) is 0 Å². The second kappa shape index (κ2) is 6.87. The van der Waals surface area contributed by atoms with E-state index in [4.69, 9.17) is 4.74 Å². The molecule has 1 saturated heterocycles. The molecule has 0 aliphatic carbocycles. The predicted octanol–water partition coefficient (Wildman–Crippen LogP) is 4.53. The van der Waals surface area contributed by atoms with Crippen molar-refractivity contribution in [2.75, 3.05) is 6.61 Å². The number of thiophene rings is 1. The van der Waals surface area contributed by atoms with Crippen LogP contribution in [0.3, 0.4) is 0 Å². The third-order valence-corrected chi connectivity index (χ3v) is 5.50. The second-order valence-electron chi connectivity index (χ2n) is 5.57. The molecule has 3 heteroatoms. The van der Waals surface area contributed by atoms with E-state index in [1.807, 2.05) is 11.3 Å². The minimum absolute atomic E-state index is 0.115. The quantitative estimate of drug-likeness (QED) is 0.827. The van der Waals surface area contributed by atoms with Crippen LogP contribution in [0.25, 0.3) is 0 Å². The van der Waals surface area contributed by atoms with Crippen LogP contribution in [0.1, 0.15) is 63.8 Å². The Morgan fingerprint density at radius 1 is 1.42 bits per heavy atom. The van der Waals surface area contributed by atoms with Gasteiger partial charge in [-0.05, 0) is 43.6 Å². The molecule has 1 aromatic heterocycles. The summed E-state index contributed by atoms with van der Waals surface area (Å²) < 4.78 is 6.06. The first-order chi connectivity index (χ1) is 9.23. The number of nitrogens with one attached hydrogen (secondary N) is 1. The van der Waals surface area contributed by atoms with E-state index in [1.54, 1.807) is 0 Å².